The van der Waals surface area contributed by atoms with Crippen molar-refractivity contribution in [2.45, 2.75) is 30.2 Å². The predicted molar refractivity (Wildman–Crippen MR) is 122 cm³/mol. The standard InChI is InChI=1S/C26H20F3N3O4/c27-26(28,29)25(31-32-25)16-11-9-15(10-12-16)13-22(23(33)34)30-24(35)36-14-21-19-7-3-1-5-17(19)18-6-2-4-8-20(18)21/h1-12,21-22H,13-14H2,(H,30,35)(H,33,34)/t22-/m0/s1. The topological polar surface area (TPSA) is 100 Å². The van der Waals surface area contributed by atoms with E-state index in [-0.39, 0.29) is 24.5 Å². The van der Waals surface area contributed by atoms with E-state index < -0.39 is 29.9 Å². The zero-order valence-corrected chi connectivity index (χ0v) is 18.7. The number of hydrogen-bond donors (Lipinski definition) is 2. The third-order valence-electron chi connectivity index (χ3n) is 6.43. The Morgan fingerprint density at radius 2 is 1.50 bits per heavy atom. The maximum Gasteiger partial charge on any atom is 0.442 e. The normalized spacial score (nSPS) is 16.1. The van der Waals surface area contributed by atoms with E-state index in [1.807, 2.05) is 48.5 Å². The highest BCUT2D eigenvalue weighted by Gasteiger charge is 2.65. The van der Waals surface area contributed by atoms with Crippen molar-refractivity contribution in [3.8, 4) is 11.1 Å². The first kappa shape index (κ1) is 23.5. The number of carboxylic acid groups (broad SMARTS) is 1. The van der Waals surface area contributed by atoms with Gasteiger partial charge >= 0.3 is 23.9 Å². The van der Waals surface area contributed by atoms with Gasteiger partial charge in [0.15, 0.2) is 0 Å². The van der Waals surface area contributed by atoms with Gasteiger partial charge in [0.25, 0.3) is 0 Å². The SMILES string of the molecule is O=C(N[C@@H](Cc1ccc(C2(C(F)(F)F)N=N2)cc1)C(=O)O)OCC1c2ccccc2-c2ccccc21. The van der Waals surface area contributed by atoms with Crippen LogP contribution in [0.5, 0.6) is 0 Å². The first-order valence-electron chi connectivity index (χ1n) is 11.1. The second kappa shape index (κ2) is 8.78. The van der Waals surface area contributed by atoms with Gasteiger partial charge in [0.2, 0.25) is 0 Å². The van der Waals surface area contributed by atoms with Gasteiger partial charge in [-0.05, 0) is 27.8 Å². The first-order chi connectivity index (χ1) is 17.2. The fraction of sp³-hybridized carbons (Fsp3) is 0.231. The largest absolute Gasteiger partial charge is 0.480 e. The number of alkyl halides is 3. The minimum Gasteiger partial charge on any atom is -0.480 e. The molecule has 1 atom stereocenters. The summed E-state index contributed by atoms with van der Waals surface area (Å²) in [6, 6.07) is 19.4. The molecular weight excluding hydrogens is 475 g/mol. The van der Waals surface area contributed by atoms with Crippen LogP contribution in [0.3, 0.4) is 0 Å². The van der Waals surface area contributed by atoms with Gasteiger partial charge in [0.1, 0.15) is 12.6 Å². The number of nitrogens with zero attached hydrogens (tertiary/aromatic N) is 2. The maximum absolute atomic E-state index is 13.2. The summed E-state index contributed by atoms with van der Waals surface area (Å²) in [5.74, 6) is -1.48. The lowest BCUT2D eigenvalue weighted by atomic mass is 9.98. The number of benzene rings is 3. The van der Waals surface area contributed by atoms with Crippen molar-refractivity contribution in [3.63, 3.8) is 0 Å². The molecule has 0 radical (unpaired) electrons. The molecule has 10 heteroatoms. The minimum absolute atomic E-state index is 0.0213. The molecule has 0 bridgehead atoms. The molecule has 3 aromatic rings. The van der Waals surface area contributed by atoms with Crippen molar-refractivity contribution >= 4 is 12.1 Å². The second-order valence-electron chi connectivity index (χ2n) is 8.63. The highest BCUT2D eigenvalue weighted by molar-refractivity contribution is 5.81. The molecule has 5 rings (SSSR count). The Morgan fingerprint density at radius 1 is 0.944 bits per heavy atom. The molecule has 1 aliphatic carbocycles. The van der Waals surface area contributed by atoms with Crippen LogP contribution < -0.4 is 5.32 Å². The van der Waals surface area contributed by atoms with E-state index in [0.29, 0.717) is 5.56 Å². The summed E-state index contributed by atoms with van der Waals surface area (Å²) in [6.07, 6.45) is -5.69. The van der Waals surface area contributed by atoms with Crippen LogP contribution in [-0.2, 0) is 21.6 Å². The number of rotatable bonds is 7. The summed E-state index contributed by atoms with van der Waals surface area (Å²) in [4.78, 5) is 24.2. The van der Waals surface area contributed by atoms with Crippen LogP contribution in [0.15, 0.2) is 83.0 Å². The minimum atomic E-state index is -4.65. The zero-order valence-electron chi connectivity index (χ0n) is 18.7. The third-order valence-corrected chi connectivity index (χ3v) is 6.43. The molecule has 1 amide bonds. The molecule has 0 unspecified atom stereocenters. The number of carbonyl (C=O) groups excluding carboxylic acids is 1. The van der Waals surface area contributed by atoms with Gasteiger partial charge < -0.3 is 15.2 Å². The highest BCUT2D eigenvalue weighted by atomic mass is 19.4. The van der Waals surface area contributed by atoms with E-state index in [1.165, 1.54) is 24.3 Å². The smallest absolute Gasteiger partial charge is 0.442 e. The van der Waals surface area contributed by atoms with Crippen molar-refractivity contribution in [1.82, 2.24) is 5.32 Å². The van der Waals surface area contributed by atoms with Crippen LogP contribution in [0.25, 0.3) is 11.1 Å². The molecule has 0 fully saturated rings. The zero-order chi connectivity index (χ0) is 25.5. The van der Waals surface area contributed by atoms with E-state index in [2.05, 4.69) is 15.5 Å². The first-order valence-corrected chi connectivity index (χ1v) is 11.1. The van der Waals surface area contributed by atoms with Crippen LogP contribution in [0.2, 0.25) is 0 Å². The number of alkyl carbamates (subject to hydrolysis) is 1. The average Bonchev–Trinajstić information content (AvgIpc) is 3.62. The summed E-state index contributed by atoms with van der Waals surface area (Å²) in [5, 5.41) is 18.2. The molecule has 1 heterocycles. The Bertz CT molecular complexity index is 1300. The van der Waals surface area contributed by atoms with Crippen molar-refractivity contribution < 1.29 is 32.6 Å². The van der Waals surface area contributed by atoms with Crippen LogP contribution in [-0.4, -0.2) is 36.0 Å². The van der Waals surface area contributed by atoms with Gasteiger partial charge in [0, 0.05) is 17.9 Å². The Labute approximate surface area is 203 Å². The molecule has 7 nitrogen and oxygen atoms in total. The van der Waals surface area contributed by atoms with Crippen LogP contribution in [0.4, 0.5) is 18.0 Å². The second-order valence-corrected chi connectivity index (χ2v) is 8.63. The molecule has 0 aromatic heterocycles. The number of carboxylic acids is 1. The van der Waals surface area contributed by atoms with Gasteiger partial charge in [-0.25, -0.2) is 9.59 Å². The van der Waals surface area contributed by atoms with Crippen molar-refractivity contribution in [2.75, 3.05) is 6.61 Å². The number of amides is 1. The number of hydrogen-bond acceptors (Lipinski definition) is 5. The summed E-state index contributed by atoms with van der Waals surface area (Å²) in [7, 11) is 0. The van der Waals surface area contributed by atoms with E-state index in [4.69, 9.17) is 4.74 Å². The van der Waals surface area contributed by atoms with Gasteiger partial charge in [0.05, 0.1) is 0 Å². The summed E-state index contributed by atoms with van der Waals surface area (Å²) in [5.41, 5.74) is 1.88. The van der Waals surface area contributed by atoms with Crippen molar-refractivity contribution in [2.24, 2.45) is 10.2 Å². The molecule has 3 aromatic carbocycles. The summed E-state index contributed by atoms with van der Waals surface area (Å²) < 4.78 is 44.9. The van der Waals surface area contributed by atoms with Gasteiger partial charge in [-0.3, -0.25) is 0 Å². The molecule has 2 N–H and O–H groups in total. The van der Waals surface area contributed by atoms with E-state index in [9.17, 15) is 27.9 Å². The molecule has 2 aliphatic rings. The fourth-order valence-corrected chi connectivity index (χ4v) is 4.53. The number of carbonyl (C=O) groups is 2. The Balaban J connectivity index is 1.23. The summed E-state index contributed by atoms with van der Waals surface area (Å²) >= 11 is 0. The van der Waals surface area contributed by atoms with Crippen molar-refractivity contribution in [3.05, 3.63) is 95.1 Å². The van der Waals surface area contributed by atoms with Gasteiger partial charge in [-0.1, -0.05) is 72.8 Å². The molecule has 1 aliphatic heterocycles. The van der Waals surface area contributed by atoms with Crippen molar-refractivity contribution in [1.29, 1.82) is 0 Å². The lowest BCUT2D eigenvalue weighted by Crippen LogP contribution is -2.42. The van der Waals surface area contributed by atoms with E-state index in [1.54, 1.807) is 0 Å². The molecule has 184 valence electrons. The Morgan fingerprint density at radius 3 is 2.00 bits per heavy atom. The lowest BCUT2D eigenvalue weighted by molar-refractivity contribution is -0.166. The number of aliphatic carboxylic acids is 1. The van der Waals surface area contributed by atoms with Crippen LogP contribution in [0, 0.1) is 0 Å². The molecule has 0 saturated heterocycles. The summed E-state index contributed by atoms with van der Waals surface area (Å²) in [6.45, 7) is 0.0213. The lowest BCUT2D eigenvalue weighted by Gasteiger charge is -2.18. The molecule has 0 saturated carbocycles. The molecule has 36 heavy (non-hydrogen) atoms. The van der Waals surface area contributed by atoms with E-state index in [0.717, 1.165) is 22.3 Å². The Kier molecular flexibility index (Phi) is 5.74. The van der Waals surface area contributed by atoms with E-state index >= 15 is 0 Å². The van der Waals surface area contributed by atoms with Gasteiger partial charge in [-0.2, -0.15) is 13.2 Å². The number of nitrogens with one attached hydrogen (secondary N) is 1. The monoisotopic (exact) mass is 495 g/mol. The Hall–Kier alpha value is -4.21. The number of ether oxygens (including phenoxy) is 1. The van der Waals surface area contributed by atoms with Gasteiger partial charge in [-0.15, -0.1) is 10.2 Å². The average molecular weight is 495 g/mol. The predicted octanol–water partition coefficient (Wildman–Crippen LogP) is 5.40. The number of halogens is 3. The quantitative estimate of drug-likeness (QED) is 0.458. The third kappa shape index (κ3) is 4.19. The van der Waals surface area contributed by atoms with Crippen LogP contribution in [0.1, 0.15) is 28.2 Å². The maximum atomic E-state index is 13.2. The fourth-order valence-electron chi connectivity index (χ4n) is 4.53. The molecule has 0 spiro atoms. The van der Waals surface area contributed by atoms with Crippen LogP contribution >= 0.6 is 0 Å². The number of fused-ring (bicyclic) bond motifs is 3. The highest BCUT2D eigenvalue weighted by Crippen LogP contribution is 2.52. The molecular formula is C26H20F3N3O4.